The first-order valence-corrected chi connectivity index (χ1v) is 11.0. The molecule has 0 atom stereocenters. The zero-order chi connectivity index (χ0) is 21.0. The predicted molar refractivity (Wildman–Crippen MR) is 131 cm³/mol. The molecule has 2 nitrogen and oxygen atoms in total. The maximum Gasteiger partial charge on any atom is 0.257 e. The standard InChI is InChI=1S/C28H22BNO/c1-15-11-17(3)25-22(13-15)30-21-8-6-5-7-19(21)20-9-10-23-27(28(20)30)29(25)26-18(4)12-16(2)14-24(26)31-23/h5-14H,1-4H3. The first-order valence-electron chi connectivity index (χ1n) is 11.0. The Kier molecular flexibility index (Phi) is 3.12. The van der Waals surface area contributed by atoms with Gasteiger partial charge in [-0.15, -0.1) is 0 Å². The number of hydrogen-bond acceptors (Lipinski definition) is 1. The fourth-order valence-corrected chi connectivity index (χ4v) is 6.15. The average Bonchev–Trinajstić information content (AvgIpc) is 3.07. The van der Waals surface area contributed by atoms with Gasteiger partial charge >= 0.3 is 0 Å². The second kappa shape index (κ2) is 5.61. The Labute approximate surface area is 182 Å². The molecule has 31 heavy (non-hydrogen) atoms. The molecule has 0 saturated carbocycles. The van der Waals surface area contributed by atoms with Gasteiger partial charge in [0.15, 0.2) is 0 Å². The van der Waals surface area contributed by atoms with Crippen molar-refractivity contribution in [2.45, 2.75) is 27.7 Å². The van der Waals surface area contributed by atoms with Crippen LogP contribution in [0.3, 0.4) is 0 Å². The van der Waals surface area contributed by atoms with E-state index in [4.69, 9.17) is 4.74 Å². The Bertz CT molecular complexity index is 1610. The van der Waals surface area contributed by atoms with Crippen LogP contribution in [0.1, 0.15) is 22.3 Å². The van der Waals surface area contributed by atoms with E-state index < -0.39 is 0 Å². The van der Waals surface area contributed by atoms with Gasteiger partial charge in [-0.25, -0.2) is 0 Å². The number of benzene rings is 4. The zero-order valence-corrected chi connectivity index (χ0v) is 18.2. The van der Waals surface area contributed by atoms with Crippen molar-refractivity contribution in [2.75, 3.05) is 0 Å². The summed E-state index contributed by atoms with van der Waals surface area (Å²) in [6.45, 7) is 9.04. The van der Waals surface area contributed by atoms with E-state index in [1.807, 2.05) is 0 Å². The summed E-state index contributed by atoms with van der Waals surface area (Å²) in [6, 6.07) is 22.4. The molecule has 7 rings (SSSR count). The van der Waals surface area contributed by atoms with Gasteiger partial charge < -0.3 is 9.30 Å². The molecular formula is C28H22BNO. The minimum atomic E-state index is 0.190. The highest BCUT2D eigenvalue weighted by molar-refractivity contribution is 6.99. The van der Waals surface area contributed by atoms with Crippen LogP contribution in [0.2, 0.25) is 0 Å². The van der Waals surface area contributed by atoms with E-state index >= 15 is 0 Å². The molecule has 0 bridgehead atoms. The number of nitrogens with zero attached hydrogens (tertiary/aromatic N) is 1. The van der Waals surface area contributed by atoms with Crippen molar-refractivity contribution in [1.82, 2.24) is 4.57 Å². The van der Waals surface area contributed by atoms with Crippen LogP contribution in [0.15, 0.2) is 60.7 Å². The highest BCUT2D eigenvalue weighted by Gasteiger charge is 2.42. The summed E-state index contributed by atoms with van der Waals surface area (Å²) in [5.74, 6) is 1.99. The molecule has 0 spiro atoms. The number of aromatic nitrogens is 1. The molecule has 0 unspecified atom stereocenters. The van der Waals surface area contributed by atoms with Crippen molar-refractivity contribution in [1.29, 1.82) is 0 Å². The Balaban J connectivity index is 1.76. The molecular weight excluding hydrogens is 377 g/mol. The third-order valence-corrected chi connectivity index (χ3v) is 7.17. The molecule has 4 aromatic carbocycles. The highest BCUT2D eigenvalue weighted by Crippen LogP contribution is 2.39. The largest absolute Gasteiger partial charge is 0.458 e. The van der Waals surface area contributed by atoms with Gasteiger partial charge in [-0.1, -0.05) is 41.5 Å². The van der Waals surface area contributed by atoms with E-state index in [1.54, 1.807) is 0 Å². The van der Waals surface area contributed by atoms with Crippen LogP contribution in [0.5, 0.6) is 11.5 Å². The van der Waals surface area contributed by atoms with Crippen molar-refractivity contribution < 1.29 is 4.74 Å². The summed E-state index contributed by atoms with van der Waals surface area (Å²) in [5, 5.41) is 2.61. The van der Waals surface area contributed by atoms with E-state index in [2.05, 4.69) is 92.9 Å². The summed E-state index contributed by atoms with van der Waals surface area (Å²) in [7, 11) is 0. The summed E-state index contributed by atoms with van der Waals surface area (Å²) < 4.78 is 9.05. The average molecular weight is 399 g/mol. The van der Waals surface area contributed by atoms with Crippen LogP contribution in [-0.2, 0) is 0 Å². The van der Waals surface area contributed by atoms with Crippen molar-refractivity contribution in [3.8, 4) is 17.2 Å². The molecule has 2 aliphatic heterocycles. The Morgan fingerprint density at radius 1 is 0.677 bits per heavy atom. The summed E-state index contributed by atoms with van der Waals surface area (Å²) >= 11 is 0. The van der Waals surface area contributed by atoms with Crippen LogP contribution in [0, 0.1) is 27.7 Å². The summed E-state index contributed by atoms with van der Waals surface area (Å²) in [6.07, 6.45) is 0. The quantitative estimate of drug-likeness (QED) is 0.329. The molecule has 0 aliphatic carbocycles. The molecule has 2 aliphatic rings. The van der Waals surface area contributed by atoms with Gasteiger partial charge in [0.2, 0.25) is 0 Å². The molecule has 5 aromatic rings. The van der Waals surface area contributed by atoms with Gasteiger partial charge in [-0.05, 0) is 85.5 Å². The summed E-state index contributed by atoms with van der Waals surface area (Å²) in [4.78, 5) is 0. The minimum absolute atomic E-state index is 0.190. The van der Waals surface area contributed by atoms with Gasteiger partial charge in [0.25, 0.3) is 6.71 Å². The van der Waals surface area contributed by atoms with Crippen LogP contribution in [0.4, 0.5) is 0 Å². The Hall–Kier alpha value is -3.46. The van der Waals surface area contributed by atoms with Gasteiger partial charge in [-0.2, -0.15) is 0 Å². The van der Waals surface area contributed by atoms with Gasteiger partial charge in [-0.3, -0.25) is 0 Å². The van der Waals surface area contributed by atoms with E-state index in [9.17, 15) is 0 Å². The van der Waals surface area contributed by atoms with Crippen molar-refractivity contribution in [3.63, 3.8) is 0 Å². The van der Waals surface area contributed by atoms with Crippen LogP contribution >= 0.6 is 0 Å². The van der Waals surface area contributed by atoms with Gasteiger partial charge in [0.1, 0.15) is 11.5 Å². The second-order valence-electron chi connectivity index (χ2n) is 9.27. The smallest absolute Gasteiger partial charge is 0.257 e. The zero-order valence-electron chi connectivity index (χ0n) is 18.2. The molecule has 3 heterocycles. The lowest BCUT2D eigenvalue weighted by Crippen LogP contribution is -2.60. The Morgan fingerprint density at radius 3 is 2.26 bits per heavy atom. The monoisotopic (exact) mass is 399 g/mol. The molecule has 0 N–H and O–H groups in total. The lowest BCUT2D eigenvalue weighted by Gasteiger charge is -2.35. The fourth-order valence-electron chi connectivity index (χ4n) is 6.15. The lowest BCUT2D eigenvalue weighted by atomic mass is 9.33. The molecule has 0 amide bonds. The van der Waals surface area contributed by atoms with Crippen LogP contribution in [0.25, 0.3) is 27.5 Å². The fraction of sp³-hybridized carbons (Fsp3) is 0.143. The highest BCUT2D eigenvalue weighted by atomic mass is 16.5. The molecule has 3 heteroatoms. The normalized spacial score (nSPS) is 13.4. The van der Waals surface area contributed by atoms with Gasteiger partial charge in [0, 0.05) is 16.5 Å². The van der Waals surface area contributed by atoms with E-state index in [0.717, 1.165) is 11.5 Å². The third kappa shape index (κ3) is 2.04. The van der Waals surface area contributed by atoms with Crippen molar-refractivity contribution in [2.24, 2.45) is 0 Å². The van der Waals surface area contributed by atoms with E-state index in [1.165, 1.54) is 66.1 Å². The maximum absolute atomic E-state index is 6.57. The van der Waals surface area contributed by atoms with E-state index in [-0.39, 0.29) is 6.71 Å². The van der Waals surface area contributed by atoms with Crippen molar-refractivity contribution in [3.05, 3.63) is 82.9 Å². The number of fused-ring (bicyclic) bond motifs is 8. The van der Waals surface area contributed by atoms with Crippen molar-refractivity contribution >= 4 is 44.9 Å². The number of aryl methyl sites for hydroxylation is 4. The molecule has 1 aromatic heterocycles. The molecule has 148 valence electrons. The number of para-hydroxylation sites is 1. The lowest BCUT2D eigenvalue weighted by molar-refractivity contribution is 0.487. The van der Waals surface area contributed by atoms with Crippen LogP contribution in [-0.4, -0.2) is 11.3 Å². The first-order chi connectivity index (χ1) is 15.0. The van der Waals surface area contributed by atoms with Crippen LogP contribution < -0.4 is 21.1 Å². The number of rotatable bonds is 0. The molecule has 0 radical (unpaired) electrons. The predicted octanol–water partition coefficient (Wildman–Crippen LogP) is 4.95. The topological polar surface area (TPSA) is 14.2 Å². The molecule has 0 saturated heterocycles. The maximum atomic E-state index is 6.57. The second-order valence-corrected chi connectivity index (χ2v) is 9.27. The third-order valence-electron chi connectivity index (χ3n) is 7.17. The molecule has 0 fully saturated rings. The minimum Gasteiger partial charge on any atom is -0.458 e. The SMILES string of the molecule is Cc1cc(C)c2c(c1)Oc1ccc3c4ccccc4n4c3c1B2c1c(C)cc(C)cc1-4. The van der Waals surface area contributed by atoms with Gasteiger partial charge in [0.05, 0.1) is 11.0 Å². The number of hydrogen-bond donors (Lipinski definition) is 0. The summed E-state index contributed by atoms with van der Waals surface area (Å²) in [5.41, 5.74) is 13.1. The number of ether oxygens (including phenoxy) is 1. The Morgan fingerprint density at radius 2 is 1.42 bits per heavy atom. The first kappa shape index (κ1) is 17.2. The van der Waals surface area contributed by atoms with E-state index in [0.29, 0.717) is 0 Å².